The maximum absolute atomic E-state index is 13.2. The van der Waals surface area contributed by atoms with E-state index in [0.29, 0.717) is 6.42 Å². The second-order valence-electron chi connectivity index (χ2n) is 7.15. The smallest absolute Gasteiger partial charge is 0.229 e. The molecule has 1 aliphatic heterocycles. The van der Waals surface area contributed by atoms with Gasteiger partial charge in [0.2, 0.25) is 5.91 Å². The van der Waals surface area contributed by atoms with Gasteiger partial charge in [-0.3, -0.25) is 9.78 Å². The van der Waals surface area contributed by atoms with Crippen LogP contribution in [-0.4, -0.2) is 27.3 Å². The molecule has 3 aromatic rings. The highest BCUT2D eigenvalue weighted by Crippen LogP contribution is 2.32. The zero-order valence-corrected chi connectivity index (χ0v) is 17.0. The molecule has 0 aliphatic carbocycles. The molecule has 1 saturated heterocycles. The summed E-state index contributed by atoms with van der Waals surface area (Å²) in [7, 11) is 0. The van der Waals surface area contributed by atoms with E-state index in [9.17, 15) is 4.79 Å². The van der Waals surface area contributed by atoms with Crippen LogP contribution in [0.2, 0.25) is 0 Å². The molecule has 1 unspecified atom stereocenters. The van der Waals surface area contributed by atoms with E-state index in [0.717, 1.165) is 66.6 Å². The normalized spacial score (nSPS) is 17.5. The van der Waals surface area contributed by atoms with Gasteiger partial charge in [-0.25, -0.2) is 4.98 Å². The minimum absolute atomic E-state index is 0.0317. The summed E-state index contributed by atoms with van der Waals surface area (Å²) in [6.07, 6.45) is 7.23. The predicted octanol–water partition coefficient (Wildman–Crippen LogP) is 5.05. The second kappa shape index (κ2) is 8.69. The number of pyridine rings is 1. The number of furan rings is 1. The average Bonchev–Trinajstić information content (AvgIpc) is 3.32. The number of nitrogens with zero attached hydrogens (tertiary/aromatic N) is 3. The number of aryl methyl sites for hydroxylation is 1. The summed E-state index contributed by atoms with van der Waals surface area (Å²) < 4.78 is 6.00. The second-order valence-corrected chi connectivity index (χ2v) is 8.00. The van der Waals surface area contributed by atoms with Gasteiger partial charge in [0.25, 0.3) is 0 Å². The Labute approximate surface area is 169 Å². The number of aromatic nitrogens is 2. The first-order valence-electron chi connectivity index (χ1n) is 9.98. The van der Waals surface area contributed by atoms with Crippen LogP contribution in [0.1, 0.15) is 55.9 Å². The van der Waals surface area contributed by atoms with Gasteiger partial charge in [-0.1, -0.05) is 25.8 Å². The molecule has 0 bridgehead atoms. The van der Waals surface area contributed by atoms with Crippen LogP contribution in [0, 0.1) is 0 Å². The van der Waals surface area contributed by atoms with Crippen LogP contribution in [0.5, 0.6) is 0 Å². The van der Waals surface area contributed by atoms with Crippen LogP contribution in [0.25, 0.3) is 10.7 Å². The highest BCUT2D eigenvalue weighted by Gasteiger charge is 2.29. The lowest BCUT2D eigenvalue weighted by Gasteiger charge is -2.28. The Kier molecular flexibility index (Phi) is 5.86. The lowest BCUT2D eigenvalue weighted by atomic mass is 10.1. The quantitative estimate of drug-likeness (QED) is 0.607. The number of likely N-dealkylation sites (tertiary alicyclic amines) is 1. The maximum atomic E-state index is 13.2. The molecule has 5 nitrogen and oxygen atoms in total. The Hall–Kier alpha value is -2.47. The van der Waals surface area contributed by atoms with Gasteiger partial charge in [0.05, 0.1) is 23.9 Å². The molecule has 0 aromatic carbocycles. The number of hydrogen-bond donors (Lipinski definition) is 0. The van der Waals surface area contributed by atoms with Crippen molar-refractivity contribution in [3.8, 4) is 10.7 Å². The summed E-state index contributed by atoms with van der Waals surface area (Å²) in [5.74, 6) is 2.02. The van der Waals surface area contributed by atoms with E-state index in [1.165, 1.54) is 11.3 Å². The van der Waals surface area contributed by atoms with Gasteiger partial charge in [0.15, 0.2) is 0 Å². The SMILES string of the molecule is CCc1ccc(C2CCCCCN2C(=O)Cc2csc(-c3ccccn3)n2)o1. The summed E-state index contributed by atoms with van der Waals surface area (Å²) in [5, 5.41) is 2.83. The summed E-state index contributed by atoms with van der Waals surface area (Å²) in [5.41, 5.74) is 1.66. The largest absolute Gasteiger partial charge is 0.464 e. The molecule has 3 aromatic heterocycles. The predicted molar refractivity (Wildman–Crippen MR) is 110 cm³/mol. The van der Waals surface area contributed by atoms with E-state index >= 15 is 0 Å². The minimum atomic E-state index is 0.0317. The van der Waals surface area contributed by atoms with E-state index in [2.05, 4.69) is 16.9 Å². The molecule has 0 spiro atoms. The Morgan fingerprint density at radius 1 is 1.25 bits per heavy atom. The molecule has 0 saturated carbocycles. The van der Waals surface area contributed by atoms with Crippen molar-refractivity contribution < 1.29 is 9.21 Å². The third kappa shape index (κ3) is 4.17. The topological polar surface area (TPSA) is 59.2 Å². The first-order chi connectivity index (χ1) is 13.7. The van der Waals surface area contributed by atoms with E-state index in [1.807, 2.05) is 40.6 Å². The standard InChI is InChI=1S/C22H25N3O2S/c1-2-17-10-11-20(27-17)19-9-4-3-7-13-25(19)21(26)14-16-15-28-22(24-16)18-8-5-6-12-23-18/h5-6,8,10-12,15,19H,2-4,7,9,13-14H2,1H3. The number of carbonyl (C=O) groups is 1. The van der Waals surface area contributed by atoms with E-state index in [-0.39, 0.29) is 11.9 Å². The van der Waals surface area contributed by atoms with Gasteiger partial charge in [0.1, 0.15) is 16.5 Å². The molecule has 1 fully saturated rings. The van der Waals surface area contributed by atoms with Crippen LogP contribution < -0.4 is 0 Å². The van der Waals surface area contributed by atoms with Crippen molar-refractivity contribution >= 4 is 17.2 Å². The average molecular weight is 396 g/mol. The Balaban J connectivity index is 1.51. The zero-order chi connectivity index (χ0) is 19.3. The molecule has 6 heteroatoms. The molecule has 0 radical (unpaired) electrons. The molecular formula is C22H25N3O2S. The first-order valence-corrected chi connectivity index (χ1v) is 10.9. The fourth-order valence-corrected chi connectivity index (χ4v) is 4.51. The van der Waals surface area contributed by atoms with Gasteiger partial charge in [0, 0.05) is 24.5 Å². The summed E-state index contributed by atoms with van der Waals surface area (Å²) >= 11 is 1.54. The number of thiazole rings is 1. The van der Waals surface area contributed by atoms with E-state index in [1.54, 1.807) is 6.20 Å². The molecular weight excluding hydrogens is 370 g/mol. The van der Waals surface area contributed by atoms with Crippen molar-refractivity contribution in [1.82, 2.24) is 14.9 Å². The summed E-state index contributed by atoms with van der Waals surface area (Å²) in [6.45, 7) is 2.86. The molecule has 1 amide bonds. The van der Waals surface area contributed by atoms with Gasteiger partial charge in [-0.2, -0.15) is 0 Å². The maximum Gasteiger partial charge on any atom is 0.229 e. The van der Waals surface area contributed by atoms with Crippen molar-refractivity contribution in [1.29, 1.82) is 0 Å². The monoisotopic (exact) mass is 395 g/mol. The van der Waals surface area contributed by atoms with Crippen molar-refractivity contribution in [3.05, 3.63) is 59.1 Å². The van der Waals surface area contributed by atoms with E-state index in [4.69, 9.17) is 4.42 Å². The molecule has 1 atom stereocenters. The number of carbonyl (C=O) groups excluding carboxylic acids is 1. The van der Waals surface area contributed by atoms with Gasteiger partial charge in [-0.15, -0.1) is 11.3 Å². The highest BCUT2D eigenvalue weighted by atomic mass is 32.1. The zero-order valence-electron chi connectivity index (χ0n) is 16.1. The molecule has 146 valence electrons. The van der Waals surface area contributed by atoms with Crippen molar-refractivity contribution in [2.45, 2.75) is 51.5 Å². The van der Waals surface area contributed by atoms with Crippen LogP contribution in [0.3, 0.4) is 0 Å². The Morgan fingerprint density at radius 3 is 2.96 bits per heavy atom. The molecule has 4 rings (SSSR count). The molecule has 1 aliphatic rings. The van der Waals surface area contributed by atoms with Gasteiger partial charge < -0.3 is 9.32 Å². The minimum Gasteiger partial charge on any atom is -0.464 e. The number of amides is 1. The van der Waals surface area contributed by atoms with Crippen molar-refractivity contribution in [2.75, 3.05) is 6.54 Å². The molecule has 28 heavy (non-hydrogen) atoms. The number of rotatable bonds is 5. The fourth-order valence-electron chi connectivity index (χ4n) is 3.72. The van der Waals surface area contributed by atoms with Crippen LogP contribution in [0.4, 0.5) is 0 Å². The molecule has 4 heterocycles. The highest BCUT2D eigenvalue weighted by molar-refractivity contribution is 7.13. The lowest BCUT2D eigenvalue weighted by Crippen LogP contribution is -2.35. The van der Waals surface area contributed by atoms with Crippen molar-refractivity contribution in [2.24, 2.45) is 0 Å². The van der Waals surface area contributed by atoms with Crippen LogP contribution in [0.15, 0.2) is 46.3 Å². The molecule has 0 N–H and O–H groups in total. The summed E-state index contributed by atoms with van der Waals surface area (Å²) in [4.78, 5) is 24.1. The van der Waals surface area contributed by atoms with Gasteiger partial charge >= 0.3 is 0 Å². The van der Waals surface area contributed by atoms with Crippen LogP contribution in [-0.2, 0) is 17.6 Å². The Morgan fingerprint density at radius 2 is 2.18 bits per heavy atom. The number of hydrogen-bond acceptors (Lipinski definition) is 5. The van der Waals surface area contributed by atoms with Gasteiger partial charge in [-0.05, 0) is 37.1 Å². The third-order valence-corrected chi connectivity index (χ3v) is 6.11. The lowest BCUT2D eigenvalue weighted by molar-refractivity contribution is -0.133. The van der Waals surface area contributed by atoms with Crippen molar-refractivity contribution in [3.63, 3.8) is 0 Å². The van der Waals surface area contributed by atoms with E-state index < -0.39 is 0 Å². The Bertz CT molecular complexity index is 919. The first kappa shape index (κ1) is 18.9. The summed E-state index contributed by atoms with van der Waals surface area (Å²) in [6, 6.07) is 9.88. The third-order valence-electron chi connectivity index (χ3n) is 5.20. The fraction of sp³-hybridized carbons (Fsp3) is 0.409. The van der Waals surface area contributed by atoms with Crippen LogP contribution >= 0.6 is 11.3 Å².